The number of amides is 3. The molecule has 2 rings (SSSR count). The van der Waals surface area contributed by atoms with E-state index in [9.17, 15) is 24.3 Å². The highest BCUT2D eigenvalue weighted by atomic mass is 16.4. The summed E-state index contributed by atoms with van der Waals surface area (Å²) in [5.74, 6) is -2.69. The highest BCUT2D eigenvalue weighted by Crippen LogP contribution is 2.20. The number of likely N-dealkylation sites (tertiary alicyclic amines) is 1. The van der Waals surface area contributed by atoms with Crippen LogP contribution in [-0.2, 0) is 25.6 Å². The summed E-state index contributed by atoms with van der Waals surface area (Å²) in [5.41, 5.74) is 12.7. The first-order valence-electron chi connectivity index (χ1n) is 12.8. The lowest BCUT2D eigenvalue weighted by Crippen LogP contribution is -2.57. The van der Waals surface area contributed by atoms with Gasteiger partial charge in [-0.05, 0) is 56.6 Å². The highest BCUT2D eigenvalue weighted by Gasteiger charge is 2.38. The second-order valence-electron chi connectivity index (χ2n) is 9.54. The largest absolute Gasteiger partial charge is 0.480 e. The molecular weight excluding hydrogens is 462 g/mol. The Morgan fingerprint density at radius 3 is 2.44 bits per heavy atom. The van der Waals surface area contributed by atoms with E-state index in [2.05, 4.69) is 10.6 Å². The second-order valence-corrected chi connectivity index (χ2v) is 9.54. The fourth-order valence-electron chi connectivity index (χ4n) is 4.44. The number of carboxylic acid groups (broad SMARTS) is 1. The van der Waals surface area contributed by atoms with E-state index in [0.29, 0.717) is 58.0 Å². The smallest absolute Gasteiger partial charge is 0.326 e. The summed E-state index contributed by atoms with van der Waals surface area (Å²) in [4.78, 5) is 52.5. The lowest BCUT2D eigenvalue weighted by molar-refractivity contribution is -0.144. The van der Waals surface area contributed by atoms with E-state index in [1.165, 1.54) is 4.90 Å². The molecule has 1 aromatic carbocycles. The van der Waals surface area contributed by atoms with Crippen LogP contribution in [0.2, 0.25) is 0 Å². The standard InChI is InChI=1S/C26H41N5O5/c1-3-17(2)22(26(35)36)30-23(32)20(12-7-8-14-27)29-24(33)21-13-9-15-31(21)25(34)19(28)16-18-10-5-4-6-11-18/h4-6,10-11,17,19-22H,3,7-9,12-16,27-28H2,1-2H3,(H,29,33)(H,30,32)(H,35,36). The molecule has 0 radical (unpaired) electrons. The third kappa shape index (κ3) is 8.30. The van der Waals surface area contributed by atoms with Crippen molar-refractivity contribution in [3.8, 4) is 0 Å². The summed E-state index contributed by atoms with van der Waals surface area (Å²) < 4.78 is 0. The number of carbonyl (C=O) groups excluding carboxylic acids is 3. The van der Waals surface area contributed by atoms with Gasteiger partial charge in [-0.1, -0.05) is 50.6 Å². The van der Waals surface area contributed by atoms with Crippen molar-refractivity contribution in [2.45, 2.75) is 83.0 Å². The fourth-order valence-corrected chi connectivity index (χ4v) is 4.44. The van der Waals surface area contributed by atoms with Crippen LogP contribution in [0.4, 0.5) is 0 Å². The van der Waals surface area contributed by atoms with Crippen LogP contribution in [0, 0.1) is 5.92 Å². The van der Waals surface area contributed by atoms with E-state index in [4.69, 9.17) is 11.5 Å². The predicted molar refractivity (Wildman–Crippen MR) is 137 cm³/mol. The van der Waals surface area contributed by atoms with Gasteiger partial charge in [0, 0.05) is 6.54 Å². The van der Waals surface area contributed by atoms with Crippen molar-refractivity contribution in [3.63, 3.8) is 0 Å². The Morgan fingerprint density at radius 2 is 1.83 bits per heavy atom. The average Bonchev–Trinajstić information content (AvgIpc) is 3.36. The molecule has 3 amide bonds. The Hall–Kier alpha value is -2.98. The molecule has 1 heterocycles. The lowest BCUT2D eigenvalue weighted by atomic mass is 9.98. The number of benzene rings is 1. The van der Waals surface area contributed by atoms with E-state index in [1.54, 1.807) is 6.92 Å². The number of hydrogen-bond donors (Lipinski definition) is 5. The van der Waals surface area contributed by atoms with Gasteiger partial charge < -0.3 is 32.1 Å². The predicted octanol–water partition coefficient (Wildman–Crippen LogP) is 0.777. The molecule has 0 aromatic heterocycles. The first-order chi connectivity index (χ1) is 17.2. The Bertz CT molecular complexity index is 881. The molecule has 0 bridgehead atoms. The zero-order valence-electron chi connectivity index (χ0n) is 21.3. The first-order valence-corrected chi connectivity index (χ1v) is 12.8. The van der Waals surface area contributed by atoms with Crippen molar-refractivity contribution in [3.05, 3.63) is 35.9 Å². The van der Waals surface area contributed by atoms with Crippen LogP contribution in [0.15, 0.2) is 30.3 Å². The van der Waals surface area contributed by atoms with Crippen LogP contribution in [0.3, 0.4) is 0 Å². The van der Waals surface area contributed by atoms with Gasteiger partial charge in [-0.25, -0.2) is 4.79 Å². The maximum absolute atomic E-state index is 13.2. The molecule has 5 unspecified atom stereocenters. The zero-order valence-corrected chi connectivity index (χ0v) is 21.3. The topological polar surface area (TPSA) is 168 Å². The zero-order chi connectivity index (χ0) is 26.7. The van der Waals surface area contributed by atoms with Crippen LogP contribution in [0.1, 0.15) is 57.9 Å². The Morgan fingerprint density at radius 1 is 1.14 bits per heavy atom. The van der Waals surface area contributed by atoms with Gasteiger partial charge in [0.1, 0.15) is 18.1 Å². The SMILES string of the molecule is CCC(C)C(NC(=O)C(CCCCN)NC(=O)C1CCCN1C(=O)C(N)Cc1ccccc1)C(=O)O. The maximum Gasteiger partial charge on any atom is 0.326 e. The number of unbranched alkanes of at least 4 members (excludes halogenated alkanes) is 1. The van der Waals surface area contributed by atoms with Crippen LogP contribution in [0.25, 0.3) is 0 Å². The second kappa shape index (κ2) is 14.5. The number of aliphatic carboxylic acids is 1. The normalized spacial score (nSPS) is 18.7. The Balaban J connectivity index is 2.09. The summed E-state index contributed by atoms with van der Waals surface area (Å²) in [5, 5.41) is 14.9. The molecular formula is C26H41N5O5. The minimum atomic E-state index is -1.12. The van der Waals surface area contributed by atoms with Crippen LogP contribution < -0.4 is 22.1 Å². The summed E-state index contributed by atoms with van der Waals surface area (Å²) in [7, 11) is 0. The third-order valence-electron chi connectivity index (χ3n) is 6.81. The van der Waals surface area contributed by atoms with Gasteiger partial charge in [0.05, 0.1) is 6.04 Å². The third-order valence-corrected chi connectivity index (χ3v) is 6.81. The van der Waals surface area contributed by atoms with Gasteiger partial charge in [-0.2, -0.15) is 0 Å². The minimum absolute atomic E-state index is 0.277. The van der Waals surface area contributed by atoms with Gasteiger partial charge in [-0.15, -0.1) is 0 Å². The van der Waals surface area contributed by atoms with Crippen molar-refractivity contribution in [1.82, 2.24) is 15.5 Å². The molecule has 5 atom stereocenters. The molecule has 1 aromatic rings. The fraction of sp³-hybridized carbons (Fsp3) is 0.615. The van der Waals surface area contributed by atoms with Crippen molar-refractivity contribution >= 4 is 23.7 Å². The van der Waals surface area contributed by atoms with E-state index in [0.717, 1.165) is 5.56 Å². The quantitative estimate of drug-likeness (QED) is 0.234. The first kappa shape index (κ1) is 29.3. The van der Waals surface area contributed by atoms with Crippen molar-refractivity contribution in [2.75, 3.05) is 13.1 Å². The van der Waals surface area contributed by atoms with E-state index >= 15 is 0 Å². The van der Waals surface area contributed by atoms with Crippen LogP contribution in [-0.4, -0.2) is 71.0 Å². The van der Waals surface area contributed by atoms with Crippen molar-refractivity contribution in [1.29, 1.82) is 0 Å². The number of carboxylic acids is 1. The summed E-state index contributed by atoms with van der Waals surface area (Å²) in [6.07, 6.45) is 3.62. The summed E-state index contributed by atoms with van der Waals surface area (Å²) >= 11 is 0. The van der Waals surface area contributed by atoms with Crippen molar-refractivity contribution in [2.24, 2.45) is 17.4 Å². The molecule has 10 heteroatoms. The number of nitrogens with zero attached hydrogens (tertiary/aromatic N) is 1. The molecule has 1 saturated heterocycles. The minimum Gasteiger partial charge on any atom is -0.480 e. The molecule has 1 aliphatic rings. The molecule has 1 aliphatic heterocycles. The van der Waals surface area contributed by atoms with Gasteiger partial charge in [0.2, 0.25) is 17.7 Å². The molecule has 7 N–H and O–H groups in total. The van der Waals surface area contributed by atoms with E-state index < -0.39 is 42.0 Å². The lowest BCUT2D eigenvalue weighted by Gasteiger charge is -2.29. The van der Waals surface area contributed by atoms with Gasteiger partial charge in [0.15, 0.2) is 0 Å². The number of nitrogens with one attached hydrogen (secondary N) is 2. The van der Waals surface area contributed by atoms with Gasteiger partial charge >= 0.3 is 5.97 Å². The Labute approximate surface area is 213 Å². The number of carbonyl (C=O) groups is 4. The molecule has 200 valence electrons. The van der Waals surface area contributed by atoms with Crippen LogP contribution in [0.5, 0.6) is 0 Å². The summed E-state index contributed by atoms with van der Waals surface area (Å²) in [6, 6.07) is 5.95. The number of rotatable bonds is 14. The van der Waals surface area contributed by atoms with E-state index in [1.807, 2.05) is 37.3 Å². The monoisotopic (exact) mass is 503 g/mol. The van der Waals surface area contributed by atoms with Crippen LogP contribution >= 0.6 is 0 Å². The van der Waals surface area contributed by atoms with Gasteiger partial charge in [-0.3, -0.25) is 14.4 Å². The average molecular weight is 504 g/mol. The summed E-state index contributed by atoms with van der Waals surface area (Å²) in [6.45, 7) is 4.46. The molecule has 10 nitrogen and oxygen atoms in total. The molecule has 0 spiro atoms. The number of nitrogens with two attached hydrogens (primary N) is 2. The molecule has 36 heavy (non-hydrogen) atoms. The van der Waals surface area contributed by atoms with Crippen molar-refractivity contribution < 1.29 is 24.3 Å². The maximum atomic E-state index is 13.2. The number of hydrogen-bond acceptors (Lipinski definition) is 6. The molecule has 0 saturated carbocycles. The molecule has 1 fully saturated rings. The Kier molecular flexibility index (Phi) is 11.8. The highest BCUT2D eigenvalue weighted by molar-refractivity contribution is 5.94. The van der Waals surface area contributed by atoms with Gasteiger partial charge in [0.25, 0.3) is 0 Å². The molecule has 0 aliphatic carbocycles. The van der Waals surface area contributed by atoms with E-state index in [-0.39, 0.29) is 11.8 Å².